The van der Waals surface area contributed by atoms with Gasteiger partial charge in [0.1, 0.15) is 6.10 Å². The highest BCUT2D eigenvalue weighted by atomic mass is 16.3. The van der Waals surface area contributed by atoms with Gasteiger partial charge in [0, 0.05) is 5.56 Å². The van der Waals surface area contributed by atoms with Crippen LogP contribution in [0.2, 0.25) is 0 Å². The average molecular weight is 192 g/mol. The van der Waals surface area contributed by atoms with Gasteiger partial charge in [0.05, 0.1) is 0 Å². The molecule has 0 fully saturated rings. The number of carbonyl (C=O) groups excluding carboxylic acids is 1. The number of carbonyl (C=O) groups is 1. The summed E-state index contributed by atoms with van der Waals surface area (Å²) in [6.07, 6.45) is 0.508. The number of hydrogen-bond acceptors (Lipinski definition) is 2. The molecular weight excluding hydrogens is 176 g/mol. The second-order valence-electron chi connectivity index (χ2n) is 3.53. The summed E-state index contributed by atoms with van der Waals surface area (Å²) in [7, 11) is 0. The fourth-order valence-electron chi connectivity index (χ4n) is 1.31. The molecule has 1 atom stereocenters. The van der Waals surface area contributed by atoms with Gasteiger partial charge in [-0.25, -0.2) is 0 Å². The van der Waals surface area contributed by atoms with Crippen LogP contribution in [0.1, 0.15) is 35.7 Å². The van der Waals surface area contributed by atoms with Crippen LogP contribution in [0.4, 0.5) is 0 Å². The Kier molecular flexibility index (Phi) is 3.84. The molecule has 0 saturated carbocycles. The molecule has 0 heterocycles. The summed E-state index contributed by atoms with van der Waals surface area (Å²) in [5.41, 5.74) is 1.71. The highest BCUT2D eigenvalue weighted by molar-refractivity contribution is 5.99. The van der Waals surface area contributed by atoms with Gasteiger partial charge in [-0.05, 0) is 13.3 Å². The standard InChI is InChI=1S/C12H16O2/c1-3-4-11(13)12(14)10-7-5-9(2)6-8-10/h5-8,11,13H,3-4H2,1-2H3. The van der Waals surface area contributed by atoms with E-state index in [9.17, 15) is 9.90 Å². The summed E-state index contributed by atoms with van der Waals surface area (Å²) in [5.74, 6) is -0.174. The molecule has 76 valence electrons. The second kappa shape index (κ2) is 4.91. The van der Waals surface area contributed by atoms with E-state index < -0.39 is 6.10 Å². The Bertz CT molecular complexity index is 301. The smallest absolute Gasteiger partial charge is 0.191 e. The molecule has 14 heavy (non-hydrogen) atoms. The third-order valence-electron chi connectivity index (χ3n) is 2.20. The number of aliphatic hydroxyl groups excluding tert-OH is 1. The monoisotopic (exact) mass is 192 g/mol. The van der Waals surface area contributed by atoms with E-state index >= 15 is 0 Å². The topological polar surface area (TPSA) is 37.3 Å². The highest BCUT2D eigenvalue weighted by Gasteiger charge is 2.15. The molecule has 0 aromatic heterocycles. The Hall–Kier alpha value is -1.15. The van der Waals surface area contributed by atoms with Crippen molar-refractivity contribution in [1.82, 2.24) is 0 Å². The molecule has 0 spiro atoms. The van der Waals surface area contributed by atoms with Crippen LogP contribution in [-0.4, -0.2) is 17.0 Å². The molecule has 0 saturated heterocycles. The maximum atomic E-state index is 11.6. The van der Waals surface area contributed by atoms with Crippen LogP contribution in [0.15, 0.2) is 24.3 Å². The Labute approximate surface area is 84.6 Å². The first-order chi connectivity index (χ1) is 6.65. The van der Waals surface area contributed by atoms with Crippen LogP contribution >= 0.6 is 0 Å². The first-order valence-electron chi connectivity index (χ1n) is 4.94. The van der Waals surface area contributed by atoms with Crippen molar-refractivity contribution >= 4 is 5.78 Å². The van der Waals surface area contributed by atoms with Crippen molar-refractivity contribution in [3.8, 4) is 0 Å². The maximum absolute atomic E-state index is 11.6. The Morgan fingerprint density at radius 1 is 1.36 bits per heavy atom. The number of ketones is 1. The minimum Gasteiger partial charge on any atom is -0.385 e. The van der Waals surface area contributed by atoms with Gasteiger partial charge in [-0.1, -0.05) is 43.2 Å². The number of aryl methyl sites for hydroxylation is 1. The lowest BCUT2D eigenvalue weighted by Crippen LogP contribution is -2.19. The van der Waals surface area contributed by atoms with E-state index in [0.29, 0.717) is 12.0 Å². The molecule has 1 unspecified atom stereocenters. The molecule has 2 heteroatoms. The van der Waals surface area contributed by atoms with Crippen molar-refractivity contribution in [2.24, 2.45) is 0 Å². The highest BCUT2D eigenvalue weighted by Crippen LogP contribution is 2.09. The van der Waals surface area contributed by atoms with Crippen molar-refractivity contribution in [3.05, 3.63) is 35.4 Å². The van der Waals surface area contributed by atoms with Gasteiger partial charge in [-0.2, -0.15) is 0 Å². The molecule has 1 N–H and O–H groups in total. The third-order valence-corrected chi connectivity index (χ3v) is 2.20. The molecule has 0 radical (unpaired) electrons. The van der Waals surface area contributed by atoms with Crippen LogP contribution in [0.5, 0.6) is 0 Å². The lowest BCUT2D eigenvalue weighted by atomic mass is 10.0. The van der Waals surface area contributed by atoms with Gasteiger partial charge < -0.3 is 5.11 Å². The second-order valence-corrected chi connectivity index (χ2v) is 3.53. The van der Waals surface area contributed by atoms with E-state index in [4.69, 9.17) is 0 Å². The maximum Gasteiger partial charge on any atom is 0.191 e. The van der Waals surface area contributed by atoms with Crippen molar-refractivity contribution in [2.45, 2.75) is 32.8 Å². The van der Waals surface area contributed by atoms with Gasteiger partial charge in [0.2, 0.25) is 0 Å². The van der Waals surface area contributed by atoms with Gasteiger partial charge >= 0.3 is 0 Å². The molecule has 2 nitrogen and oxygen atoms in total. The van der Waals surface area contributed by atoms with E-state index in [-0.39, 0.29) is 5.78 Å². The molecule has 1 aromatic rings. The largest absolute Gasteiger partial charge is 0.385 e. The fourth-order valence-corrected chi connectivity index (χ4v) is 1.31. The molecule has 1 aromatic carbocycles. The zero-order valence-electron chi connectivity index (χ0n) is 8.66. The summed E-state index contributed by atoms with van der Waals surface area (Å²) in [6.45, 7) is 3.92. The quantitative estimate of drug-likeness (QED) is 0.743. The number of aliphatic hydroxyl groups is 1. The Morgan fingerprint density at radius 2 is 1.93 bits per heavy atom. The minimum atomic E-state index is -0.845. The van der Waals surface area contributed by atoms with E-state index in [2.05, 4.69) is 0 Å². The van der Waals surface area contributed by atoms with Crippen molar-refractivity contribution < 1.29 is 9.90 Å². The zero-order valence-corrected chi connectivity index (χ0v) is 8.66. The number of rotatable bonds is 4. The fraction of sp³-hybridized carbons (Fsp3) is 0.417. The predicted octanol–water partition coefficient (Wildman–Crippen LogP) is 2.34. The van der Waals surface area contributed by atoms with Crippen LogP contribution in [-0.2, 0) is 0 Å². The summed E-state index contributed by atoms with van der Waals surface area (Å²) in [6, 6.07) is 7.28. The molecule has 0 aliphatic rings. The van der Waals surface area contributed by atoms with E-state index in [1.807, 2.05) is 26.0 Å². The lowest BCUT2D eigenvalue weighted by molar-refractivity contribution is 0.0729. The van der Waals surface area contributed by atoms with E-state index in [1.54, 1.807) is 12.1 Å². The summed E-state index contributed by atoms with van der Waals surface area (Å²) in [4.78, 5) is 11.6. The zero-order chi connectivity index (χ0) is 10.6. The summed E-state index contributed by atoms with van der Waals surface area (Å²) in [5, 5.41) is 9.49. The first kappa shape index (κ1) is 10.9. The van der Waals surface area contributed by atoms with Crippen LogP contribution in [0, 0.1) is 6.92 Å². The van der Waals surface area contributed by atoms with Gasteiger partial charge in [-0.15, -0.1) is 0 Å². The van der Waals surface area contributed by atoms with Crippen LogP contribution < -0.4 is 0 Å². The van der Waals surface area contributed by atoms with Crippen molar-refractivity contribution in [1.29, 1.82) is 0 Å². The number of benzene rings is 1. The van der Waals surface area contributed by atoms with Gasteiger partial charge in [-0.3, -0.25) is 4.79 Å². The van der Waals surface area contributed by atoms with Crippen LogP contribution in [0.25, 0.3) is 0 Å². The normalized spacial score (nSPS) is 12.5. The summed E-state index contributed by atoms with van der Waals surface area (Å²) >= 11 is 0. The number of Topliss-reactive ketones (excluding diaryl/α,β-unsaturated/α-hetero) is 1. The van der Waals surface area contributed by atoms with Crippen LogP contribution in [0.3, 0.4) is 0 Å². The molecule has 0 aliphatic carbocycles. The van der Waals surface area contributed by atoms with Gasteiger partial charge in [0.15, 0.2) is 5.78 Å². The lowest BCUT2D eigenvalue weighted by Gasteiger charge is -2.07. The number of hydrogen-bond donors (Lipinski definition) is 1. The Balaban J connectivity index is 2.74. The van der Waals surface area contributed by atoms with Crippen molar-refractivity contribution in [3.63, 3.8) is 0 Å². The van der Waals surface area contributed by atoms with Gasteiger partial charge in [0.25, 0.3) is 0 Å². The third kappa shape index (κ3) is 2.67. The minimum absolute atomic E-state index is 0.174. The SMILES string of the molecule is CCCC(O)C(=O)c1ccc(C)cc1. The molecule has 0 amide bonds. The molecule has 1 rings (SSSR count). The summed E-state index contributed by atoms with van der Waals surface area (Å²) < 4.78 is 0. The van der Waals surface area contributed by atoms with Crippen molar-refractivity contribution in [2.75, 3.05) is 0 Å². The molecule has 0 aliphatic heterocycles. The molecular formula is C12H16O2. The van der Waals surface area contributed by atoms with E-state index in [1.165, 1.54) is 0 Å². The first-order valence-corrected chi connectivity index (χ1v) is 4.94. The average Bonchev–Trinajstić information content (AvgIpc) is 2.18. The predicted molar refractivity (Wildman–Crippen MR) is 56.4 cm³/mol. The Morgan fingerprint density at radius 3 is 2.43 bits per heavy atom. The molecule has 0 bridgehead atoms. The van der Waals surface area contributed by atoms with E-state index in [0.717, 1.165) is 12.0 Å².